The van der Waals surface area contributed by atoms with E-state index in [-0.39, 0.29) is 5.82 Å². The zero-order chi connectivity index (χ0) is 13.3. The monoisotopic (exact) mass is 380 g/mol. The molecule has 5 heteroatoms. The Morgan fingerprint density at radius 2 is 2.22 bits per heavy atom. The van der Waals surface area contributed by atoms with E-state index >= 15 is 0 Å². The zero-order valence-corrected chi connectivity index (χ0v) is 13.3. The van der Waals surface area contributed by atoms with Crippen molar-refractivity contribution in [1.29, 1.82) is 0 Å². The topological polar surface area (TPSA) is 17.8 Å². The molecule has 2 aromatic rings. The van der Waals surface area contributed by atoms with Gasteiger partial charge in [0, 0.05) is 24.4 Å². The fraction of sp³-hybridized carbons (Fsp3) is 0.462. The summed E-state index contributed by atoms with van der Waals surface area (Å²) in [7, 11) is 0. The van der Waals surface area contributed by atoms with Gasteiger partial charge in [0.05, 0.1) is 14.6 Å². The van der Waals surface area contributed by atoms with Gasteiger partial charge < -0.3 is 4.57 Å². The van der Waals surface area contributed by atoms with Crippen molar-refractivity contribution in [2.24, 2.45) is 0 Å². The molecule has 0 saturated carbocycles. The number of benzene rings is 1. The van der Waals surface area contributed by atoms with E-state index in [0.29, 0.717) is 21.9 Å². The summed E-state index contributed by atoms with van der Waals surface area (Å²) in [6.45, 7) is 4.23. The second kappa shape index (κ2) is 5.74. The number of nitrogens with zero attached hydrogens (tertiary/aromatic N) is 2. The molecule has 0 fully saturated rings. The molecule has 0 radical (unpaired) electrons. The molecule has 98 valence electrons. The first-order valence-electron chi connectivity index (χ1n) is 6.00. The van der Waals surface area contributed by atoms with Crippen LogP contribution in [0.3, 0.4) is 0 Å². The van der Waals surface area contributed by atoms with Gasteiger partial charge in [-0.15, -0.1) is 11.6 Å². The van der Waals surface area contributed by atoms with Gasteiger partial charge in [-0.2, -0.15) is 0 Å². The first-order chi connectivity index (χ1) is 8.58. The van der Waals surface area contributed by atoms with Gasteiger partial charge in [0.2, 0.25) is 0 Å². The average Bonchev–Trinajstić information content (AvgIpc) is 2.67. The number of fused-ring (bicyclic) bond motifs is 1. The third-order valence-electron chi connectivity index (χ3n) is 3.15. The quantitative estimate of drug-likeness (QED) is 0.563. The van der Waals surface area contributed by atoms with E-state index in [4.69, 9.17) is 11.6 Å². The van der Waals surface area contributed by atoms with Gasteiger partial charge in [0.15, 0.2) is 0 Å². The summed E-state index contributed by atoms with van der Waals surface area (Å²) >= 11 is 7.81. The molecule has 0 N–H and O–H groups in total. The largest absolute Gasteiger partial charge is 0.325 e. The lowest BCUT2D eigenvalue weighted by molar-refractivity contribution is 0.523. The Kier molecular flexibility index (Phi) is 4.48. The highest BCUT2D eigenvalue weighted by molar-refractivity contribution is 14.1. The van der Waals surface area contributed by atoms with Crippen LogP contribution >= 0.6 is 34.2 Å². The van der Waals surface area contributed by atoms with Crippen molar-refractivity contribution >= 4 is 45.2 Å². The average molecular weight is 381 g/mol. The van der Waals surface area contributed by atoms with Crippen LogP contribution in [0.25, 0.3) is 11.0 Å². The highest BCUT2D eigenvalue weighted by Gasteiger charge is 2.16. The molecule has 0 amide bonds. The molecule has 0 saturated heterocycles. The van der Waals surface area contributed by atoms with Gasteiger partial charge in [0.25, 0.3) is 0 Å². The van der Waals surface area contributed by atoms with Gasteiger partial charge in [-0.05, 0) is 42.0 Å². The molecule has 1 unspecified atom stereocenters. The molecular formula is C13H15ClFIN2. The number of rotatable bonds is 4. The number of alkyl halides is 1. The van der Waals surface area contributed by atoms with E-state index < -0.39 is 0 Å². The highest BCUT2D eigenvalue weighted by atomic mass is 127. The van der Waals surface area contributed by atoms with E-state index in [2.05, 4.69) is 23.4 Å². The predicted molar refractivity (Wildman–Crippen MR) is 81.8 cm³/mol. The molecule has 1 aromatic heterocycles. The number of hydrogen-bond acceptors (Lipinski definition) is 1. The second-order valence-corrected chi connectivity index (χ2v) is 5.89. The number of halogens is 3. The maximum absolute atomic E-state index is 13.7. The Hall–Kier alpha value is -0.360. The van der Waals surface area contributed by atoms with Crippen LogP contribution < -0.4 is 0 Å². The fourth-order valence-corrected chi connectivity index (χ4v) is 2.70. The summed E-state index contributed by atoms with van der Waals surface area (Å²) < 4.78 is 16.4. The molecule has 2 rings (SSSR count). The third-order valence-corrected chi connectivity index (χ3v) is 4.17. The lowest BCUT2D eigenvalue weighted by Gasteiger charge is -2.15. The van der Waals surface area contributed by atoms with Gasteiger partial charge in [-0.3, -0.25) is 0 Å². The van der Waals surface area contributed by atoms with Crippen molar-refractivity contribution in [3.63, 3.8) is 0 Å². The van der Waals surface area contributed by atoms with Crippen LogP contribution in [0.1, 0.15) is 32.1 Å². The predicted octanol–water partition coefficient (Wildman–Crippen LogP) is 4.53. The van der Waals surface area contributed by atoms with Gasteiger partial charge in [-0.25, -0.2) is 9.37 Å². The molecule has 0 aliphatic rings. The van der Waals surface area contributed by atoms with Crippen LogP contribution in [-0.4, -0.2) is 15.4 Å². The number of imidazole rings is 1. The molecule has 1 heterocycles. The van der Waals surface area contributed by atoms with Crippen molar-refractivity contribution in [2.75, 3.05) is 5.88 Å². The molecule has 2 nitrogen and oxygen atoms in total. The third kappa shape index (κ3) is 2.50. The van der Waals surface area contributed by atoms with Crippen molar-refractivity contribution in [3.05, 3.63) is 27.3 Å². The Labute approximate surface area is 125 Å². The minimum absolute atomic E-state index is 0.190. The first-order valence-corrected chi connectivity index (χ1v) is 7.61. The molecule has 1 aromatic carbocycles. The van der Waals surface area contributed by atoms with E-state index in [1.54, 1.807) is 12.1 Å². The molecule has 0 aliphatic carbocycles. The van der Waals surface area contributed by atoms with Gasteiger partial charge >= 0.3 is 0 Å². The summed E-state index contributed by atoms with van der Waals surface area (Å²) in [6.07, 6.45) is 1.69. The number of aromatic nitrogens is 2. The van der Waals surface area contributed by atoms with Crippen LogP contribution in [-0.2, 0) is 6.42 Å². The Morgan fingerprint density at radius 1 is 1.50 bits per heavy atom. The molecular weight excluding hydrogens is 366 g/mol. The summed E-state index contributed by atoms with van der Waals surface area (Å²) in [6, 6.07) is 3.67. The standard InChI is InChI=1S/C13H15ClFIN2/c1-3-8(2)18-12-6-9(15)10(16)7-11(12)17-13(18)4-5-14/h6-8H,3-5H2,1-2H3. The van der Waals surface area contributed by atoms with E-state index in [0.717, 1.165) is 23.3 Å². The van der Waals surface area contributed by atoms with Crippen molar-refractivity contribution in [3.8, 4) is 0 Å². The summed E-state index contributed by atoms with van der Waals surface area (Å²) in [5.74, 6) is 1.28. The maximum atomic E-state index is 13.7. The van der Waals surface area contributed by atoms with E-state index in [1.165, 1.54) is 0 Å². The summed E-state index contributed by atoms with van der Waals surface area (Å²) in [5.41, 5.74) is 1.71. The number of aryl methyl sites for hydroxylation is 1. The van der Waals surface area contributed by atoms with Gasteiger partial charge in [-0.1, -0.05) is 6.92 Å². The van der Waals surface area contributed by atoms with E-state index in [1.807, 2.05) is 22.6 Å². The van der Waals surface area contributed by atoms with Crippen LogP contribution in [0.15, 0.2) is 12.1 Å². The van der Waals surface area contributed by atoms with Crippen LogP contribution in [0.2, 0.25) is 0 Å². The minimum Gasteiger partial charge on any atom is -0.325 e. The zero-order valence-electron chi connectivity index (χ0n) is 10.4. The van der Waals surface area contributed by atoms with Crippen LogP contribution in [0.4, 0.5) is 4.39 Å². The van der Waals surface area contributed by atoms with Crippen LogP contribution in [0, 0.1) is 9.39 Å². The van der Waals surface area contributed by atoms with Crippen molar-refractivity contribution in [2.45, 2.75) is 32.7 Å². The van der Waals surface area contributed by atoms with Crippen molar-refractivity contribution < 1.29 is 4.39 Å². The maximum Gasteiger partial charge on any atom is 0.138 e. The molecule has 1 atom stereocenters. The first kappa shape index (κ1) is 14.1. The normalized spacial score (nSPS) is 13.2. The second-order valence-electron chi connectivity index (χ2n) is 4.35. The molecule has 0 bridgehead atoms. The SMILES string of the molecule is CCC(C)n1c(CCCl)nc2cc(I)c(F)cc21. The van der Waals surface area contributed by atoms with Gasteiger partial charge in [0.1, 0.15) is 11.6 Å². The van der Waals surface area contributed by atoms with Crippen LogP contribution in [0.5, 0.6) is 0 Å². The molecule has 0 aliphatic heterocycles. The lowest BCUT2D eigenvalue weighted by atomic mass is 10.2. The Balaban J connectivity index is 2.68. The number of hydrogen-bond donors (Lipinski definition) is 0. The highest BCUT2D eigenvalue weighted by Crippen LogP contribution is 2.26. The molecule has 18 heavy (non-hydrogen) atoms. The Morgan fingerprint density at radius 3 is 2.83 bits per heavy atom. The Bertz CT molecular complexity index is 568. The summed E-state index contributed by atoms with van der Waals surface area (Å²) in [4.78, 5) is 4.58. The summed E-state index contributed by atoms with van der Waals surface area (Å²) in [5, 5.41) is 0. The van der Waals surface area contributed by atoms with Crippen molar-refractivity contribution in [1.82, 2.24) is 9.55 Å². The fourth-order valence-electron chi connectivity index (χ4n) is 2.08. The smallest absolute Gasteiger partial charge is 0.138 e. The molecule has 0 spiro atoms. The minimum atomic E-state index is -0.190. The van der Waals surface area contributed by atoms with E-state index in [9.17, 15) is 4.39 Å². The lowest BCUT2D eigenvalue weighted by Crippen LogP contribution is -2.09.